The maximum absolute atomic E-state index is 12.3. The molecule has 7 heteroatoms. The number of ether oxygens (including phenoxy) is 1. The van der Waals surface area contributed by atoms with Crippen LogP contribution in [0.4, 0.5) is 0 Å². The largest absolute Gasteiger partial charge is 0.481 e. The molecule has 0 aromatic heterocycles. The van der Waals surface area contributed by atoms with Gasteiger partial charge in [0.15, 0.2) is 6.10 Å². The zero-order chi connectivity index (χ0) is 19.8. The summed E-state index contributed by atoms with van der Waals surface area (Å²) in [6.45, 7) is 3.45. The van der Waals surface area contributed by atoms with E-state index in [1.165, 1.54) is 0 Å². The number of halogens is 1. The van der Waals surface area contributed by atoms with Crippen LogP contribution in [0.3, 0.4) is 0 Å². The Hall–Kier alpha value is -2.86. The molecule has 0 aliphatic heterocycles. The fourth-order valence-electron chi connectivity index (χ4n) is 2.32. The van der Waals surface area contributed by atoms with Crippen molar-refractivity contribution < 1.29 is 19.4 Å². The third kappa shape index (κ3) is 6.42. The van der Waals surface area contributed by atoms with Gasteiger partial charge < -0.3 is 9.84 Å². The smallest absolute Gasteiger partial charge is 0.303 e. The molecule has 2 aromatic carbocycles. The van der Waals surface area contributed by atoms with Crippen molar-refractivity contribution in [2.45, 2.75) is 32.8 Å². The summed E-state index contributed by atoms with van der Waals surface area (Å²) in [5.74, 6) is -0.812. The van der Waals surface area contributed by atoms with Gasteiger partial charge in [-0.2, -0.15) is 5.10 Å². The fourth-order valence-corrected chi connectivity index (χ4v) is 2.55. The van der Waals surface area contributed by atoms with Crippen molar-refractivity contribution >= 4 is 29.2 Å². The minimum atomic E-state index is -0.931. The summed E-state index contributed by atoms with van der Waals surface area (Å²) in [6.07, 6.45) is -0.671. The van der Waals surface area contributed by atoms with E-state index in [1.54, 1.807) is 25.1 Å². The highest BCUT2D eigenvalue weighted by atomic mass is 35.5. The van der Waals surface area contributed by atoms with E-state index < -0.39 is 18.0 Å². The van der Waals surface area contributed by atoms with E-state index in [0.29, 0.717) is 16.5 Å². The number of carboxylic acid groups (broad SMARTS) is 1. The lowest BCUT2D eigenvalue weighted by Crippen LogP contribution is -2.34. The van der Waals surface area contributed by atoms with Crippen LogP contribution in [0.1, 0.15) is 30.9 Å². The van der Waals surface area contributed by atoms with E-state index in [9.17, 15) is 9.59 Å². The molecular formula is C20H21ClN2O4. The SMILES string of the molecule is Cc1cc(Cl)ccc1OC(C)C(=O)N/N=C(/CCC(=O)O)c1ccccc1. The van der Waals surface area contributed by atoms with Crippen LogP contribution in [-0.2, 0) is 9.59 Å². The molecular weight excluding hydrogens is 368 g/mol. The van der Waals surface area contributed by atoms with Gasteiger partial charge in [-0.25, -0.2) is 5.43 Å². The number of amides is 1. The van der Waals surface area contributed by atoms with Gasteiger partial charge in [-0.1, -0.05) is 41.9 Å². The Kier molecular flexibility index (Phi) is 7.37. The molecule has 0 saturated heterocycles. The number of hydrogen-bond donors (Lipinski definition) is 2. The lowest BCUT2D eigenvalue weighted by atomic mass is 10.1. The van der Waals surface area contributed by atoms with Gasteiger partial charge in [-0.15, -0.1) is 0 Å². The molecule has 0 aliphatic rings. The molecule has 2 aromatic rings. The highest BCUT2D eigenvalue weighted by molar-refractivity contribution is 6.30. The maximum atomic E-state index is 12.3. The number of benzene rings is 2. The Labute approximate surface area is 162 Å². The second-order valence-electron chi connectivity index (χ2n) is 5.96. The van der Waals surface area contributed by atoms with Crippen molar-refractivity contribution in [3.8, 4) is 5.75 Å². The number of carbonyl (C=O) groups excluding carboxylic acids is 1. The quantitative estimate of drug-likeness (QED) is 0.531. The molecule has 1 atom stereocenters. The molecule has 0 heterocycles. The number of rotatable bonds is 8. The zero-order valence-corrected chi connectivity index (χ0v) is 15.9. The molecule has 1 amide bonds. The van der Waals surface area contributed by atoms with Crippen LogP contribution >= 0.6 is 11.6 Å². The van der Waals surface area contributed by atoms with Crippen LogP contribution < -0.4 is 10.2 Å². The summed E-state index contributed by atoms with van der Waals surface area (Å²) in [4.78, 5) is 23.2. The normalized spacial score (nSPS) is 12.3. The van der Waals surface area contributed by atoms with Crippen molar-refractivity contribution in [1.82, 2.24) is 5.43 Å². The van der Waals surface area contributed by atoms with Gasteiger partial charge in [0.2, 0.25) is 0 Å². The first-order valence-corrected chi connectivity index (χ1v) is 8.81. The summed E-state index contributed by atoms with van der Waals surface area (Å²) in [5, 5.41) is 13.6. The average Bonchev–Trinajstić information content (AvgIpc) is 2.64. The van der Waals surface area contributed by atoms with Crippen LogP contribution in [0.15, 0.2) is 53.6 Å². The standard InChI is InChI=1S/C20H21ClN2O4/c1-13-12-16(21)8-10-18(13)27-14(2)20(26)23-22-17(9-11-19(24)25)15-6-4-3-5-7-15/h3-8,10,12,14H,9,11H2,1-2H3,(H,23,26)(H,24,25)/b22-17-. The lowest BCUT2D eigenvalue weighted by molar-refractivity contribution is -0.136. The molecule has 6 nitrogen and oxygen atoms in total. The van der Waals surface area contributed by atoms with Crippen LogP contribution in [0.2, 0.25) is 5.02 Å². The minimum absolute atomic E-state index is 0.0837. The van der Waals surface area contributed by atoms with E-state index in [2.05, 4.69) is 10.5 Å². The van der Waals surface area contributed by atoms with E-state index in [-0.39, 0.29) is 12.8 Å². The predicted molar refractivity (Wildman–Crippen MR) is 104 cm³/mol. The summed E-state index contributed by atoms with van der Waals surface area (Å²) in [7, 11) is 0. The van der Waals surface area contributed by atoms with Gasteiger partial charge in [0, 0.05) is 11.4 Å². The Balaban J connectivity index is 2.06. The number of hydrazone groups is 1. The average molecular weight is 389 g/mol. The van der Waals surface area contributed by atoms with Crippen LogP contribution in [-0.4, -0.2) is 28.8 Å². The number of aryl methyl sites for hydroxylation is 1. The third-order valence-electron chi connectivity index (χ3n) is 3.79. The number of nitrogens with zero attached hydrogens (tertiary/aromatic N) is 1. The van der Waals surface area contributed by atoms with Gasteiger partial charge in [-0.05, 0) is 43.2 Å². The van der Waals surface area contributed by atoms with Gasteiger partial charge in [0.1, 0.15) is 5.75 Å². The first kappa shape index (κ1) is 20.5. The Morgan fingerprint density at radius 3 is 2.52 bits per heavy atom. The zero-order valence-electron chi connectivity index (χ0n) is 15.1. The molecule has 142 valence electrons. The van der Waals surface area contributed by atoms with Gasteiger partial charge >= 0.3 is 5.97 Å². The fraction of sp³-hybridized carbons (Fsp3) is 0.250. The Bertz CT molecular complexity index is 837. The highest BCUT2D eigenvalue weighted by Gasteiger charge is 2.16. The van der Waals surface area contributed by atoms with Crippen molar-refractivity contribution in [2.24, 2.45) is 5.10 Å². The highest BCUT2D eigenvalue weighted by Crippen LogP contribution is 2.22. The lowest BCUT2D eigenvalue weighted by Gasteiger charge is -2.15. The van der Waals surface area contributed by atoms with Crippen LogP contribution in [0.5, 0.6) is 5.75 Å². The number of carbonyl (C=O) groups is 2. The van der Waals surface area contributed by atoms with Crippen molar-refractivity contribution in [2.75, 3.05) is 0 Å². The van der Waals surface area contributed by atoms with Crippen LogP contribution in [0.25, 0.3) is 0 Å². The van der Waals surface area contributed by atoms with Gasteiger partial charge in [0.05, 0.1) is 12.1 Å². The molecule has 2 N–H and O–H groups in total. The van der Waals surface area contributed by atoms with E-state index in [4.69, 9.17) is 21.4 Å². The maximum Gasteiger partial charge on any atom is 0.303 e. The molecule has 0 bridgehead atoms. The molecule has 0 saturated carbocycles. The predicted octanol–water partition coefficient (Wildman–Crippen LogP) is 3.80. The molecule has 27 heavy (non-hydrogen) atoms. The number of carboxylic acids is 1. The van der Waals surface area contributed by atoms with E-state index >= 15 is 0 Å². The third-order valence-corrected chi connectivity index (χ3v) is 4.03. The van der Waals surface area contributed by atoms with Crippen molar-refractivity contribution in [3.05, 3.63) is 64.7 Å². The molecule has 1 unspecified atom stereocenters. The summed E-state index contributed by atoms with van der Waals surface area (Å²) in [5.41, 5.74) is 4.52. The number of nitrogens with one attached hydrogen (secondary N) is 1. The van der Waals surface area contributed by atoms with Crippen LogP contribution in [0, 0.1) is 6.92 Å². The van der Waals surface area contributed by atoms with Crippen molar-refractivity contribution in [3.63, 3.8) is 0 Å². The molecule has 0 radical (unpaired) electrons. The monoisotopic (exact) mass is 388 g/mol. The summed E-state index contributed by atoms with van der Waals surface area (Å²) in [6, 6.07) is 14.2. The number of aliphatic carboxylic acids is 1. The topological polar surface area (TPSA) is 88.0 Å². The first-order chi connectivity index (χ1) is 12.9. The molecule has 0 aliphatic carbocycles. The van der Waals surface area contributed by atoms with E-state index in [1.807, 2.05) is 37.3 Å². The molecule has 0 fully saturated rings. The molecule has 2 rings (SSSR count). The second kappa shape index (κ2) is 9.73. The summed E-state index contributed by atoms with van der Waals surface area (Å²) >= 11 is 5.92. The van der Waals surface area contributed by atoms with Gasteiger partial charge in [-0.3, -0.25) is 9.59 Å². The first-order valence-electron chi connectivity index (χ1n) is 8.43. The summed E-state index contributed by atoms with van der Waals surface area (Å²) < 4.78 is 5.66. The van der Waals surface area contributed by atoms with Gasteiger partial charge in [0.25, 0.3) is 5.91 Å². The minimum Gasteiger partial charge on any atom is -0.481 e. The van der Waals surface area contributed by atoms with Crippen molar-refractivity contribution in [1.29, 1.82) is 0 Å². The van der Waals surface area contributed by atoms with E-state index in [0.717, 1.165) is 11.1 Å². The number of hydrogen-bond acceptors (Lipinski definition) is 4. The Morgan fingerprint density at radius 2 is 1.89 bits per heavy atom. The Morgan fingerprint density at radius 1 is 1.19 bits per heavy atom. The molecule has 0 spiro atoms. The second-order valence-corrected chi connectivity index (χ2v) is 6.40.